The molecule has 0 aliphatic heterocycles. The normalized spacial score (nSPS) is 12.9. The number of hydrogen-bond acceptors (Lipinski definition) is 1. The van der Waals surface area contributed by atoms with E-state index in [0.29, 0.717) is 12.0 Å². The van der Waals surface area contributed by atoms with E-state index < -0.39 is 5.38 Å². The van der Waals surface area contributed by atoms with Gasteiger partial charge >= 0.3 is 0 Å². The lowest BCUT2D eigenvalue weighted by molar-refractivity contribution is 0.286. The van der Waals surface area contributed by atoms with Gasteiger partial charge in [-0.3, -0.25) is 0 Å². The maximum Gasteiger partial charge on any atom is 0.127 e. The van der Waals surface area contributed by atoms with Gasteiger partial charge in [0.05, 0.1) is 5.38 Å². The van der Waals surface area contributed by atoms with E-state index in [-0.39, 0.29) is 12.4 Å². The molecule has 0 bridgehead atoms. The van der Waals surface area contributed by atoms with Gasteiger partial charge in [-0.2, -0.15) is 0 Å². The van der Waals surface area contributed by atoms with Crippen molar-refractivity contribution in [1.82, 2.24) is 0 Å². The minimum absolute atomic E-state index is 0.0253. The lowest BCUT2D eigenvalue weighted by atomic mass is 10.1. The van der Waals surface area contributed by atoms with E-state index in [1.54, 1.807) is 18.2 Å². The maximum absolute atomic E-state index is 13.0. The molecule has 0 amide bonds. The van der Waals surface area contributed by atoms with Crippen LogP contribution in [0.3, 0.4) is 0 Å². The second kappa shape index (κ2) is 4.43. The van der Waals surface area contributed by atoms with Crippen LogP contribution in [0.25, 0.3) is 0 Å². The van der Waals surface area contributed by atoms with Crippen LogP contribution in [-0.4, -0.2) is 11.7 Å². The Bertz CT molecular complexity index is 252. The Morgan fingerprint density at radius 3 is 2.67 bits per heavy atom. The van der Waals surface area contributed by atoms with Crippen LogP contribution in [0.1, 0.15) is 17.4 Å². The first kappa shape index (κ1) is 9.49. The number of aliphatic hydroxyl groups excluding tert-OH is 1. The van der Waals surface area contributed by atoms with Crippen molar-refractivity contribution < 1.29 is 9.50 Å². The van der Waals surface area contributed by atoms with Gasteiger partial charge in [0.25, 0.3) is 0 Å². The van der Waals surface area contributed by atoms with Crippen LogP contribution < -0.4 is 0 Å². The Morgan fingerprint density at radius 2 is 2.08 bits per heavy atom. The summed E-state index contributed by atoms with van der Waals surface area (Å²) in [6.45, 7) is -0.0253. The molecule has 0 aliphatic rings. The zero-order valence-corrected chi connectivity index (χ0v) is 7.26. The Kier molecular flexibility index (Phi) is 3.50. The van der Waals surface area contributed by atoms with E-state index in [9.17, 15) is 4.39 Å². The smallest absolute Gasteiger partial charge is 0.127 e. The zero-order chi connectivity index (χ0) is 8.97. The molecule has 1 aromatic rings. The lowest BCUT2D eigenvalue weighted by Gasteiger charge is -2.07. The Labute approximate surface area is 75.8 Å². The molecule has 0 fully saturated rings. The minimum atomic E-state index is -0.434. The lowest BCUT2D eigenvalue weighted by Crippen LogP contribution is -1.96. The molecule has 1 nitrogen and oxygen atoms in total. The third kappa shape index (κ3) is 2.19. The van der Waals surface area contributed by atoms with Crippen LogP contribution in [0.5, 0.6) is 0 Å². The van der Waals surface area contributed by atoms with Crippen LogP contribution in [-0.2, 0) is 0 Å². The van der Waals surface area contributed by atoms with Crippen LogP contribution in [0, 0.1) is 5.82 Å². The predicted molar refractivity (Wildman–Crippen MR) is 46.7 cm³/mol. The first-order valence-electron chi connectivity index (χ1n) is 3.75. The van der Waals surface area contributed by atoms with E-state index in [0.717, 1.165) is 0 Å². The minimum Gasteiger partial charge on any atom is -0.396 e. The standard InChI is InChI=1S/C9H10ClFO/c10-8(5-6-12)7-3-1-2-4-9(7)11/h1-4,8,12H,5-6H2. The number of benzene rings is 1. The van der Waals surface area contributed by atoms with Crippen molar-refractivity contribution in [1.29, 1.82) is 0 Å². The van der Waals surface area contributed by atoms with Crippen molar-refractivity contribution in [3.8, 4) is 0 Å². The number of halogens is 2. The van der Waals surface area contributed by atoms with Gasteiger partial charge in [-0.15, -0.1) is 11.6 Å². The molecule has 1 rings (SSSR count). The van der Waals surface area contributed by atoms with Gasteiger partial charge in [0, 0.05) is 12.2 Å². The van der Waals surface area contributed by atoms with Crippen LogP contribution in [0.15, 0.2) is 24.3 Å². The highest BCUT2D eigenvalue weighted by molar-refractivity contribution is 6.20. The highest BCUT2D eigenvalue weighted by Gasteiger charge is 2.10. The second-order valence-corrected chi connectivity index (χ2v) is 3.03. The van der Waals surface area contributed by atoms with Crippen LogP contribution >= 0.6 is 11.6 Å². The summed E-state index contributed by atoms with van der Waals surface area (Å²) in [5.74, 6) is -0.314. The summed E-state index contributed by atoms with van der Waals surface area (Å²) < 4.78 is 13.0. The Balaban J connectivity index is 2.79. The average Bonchev–Trinajstić information content (AvgIpc) is 2.05. The average molecular weight is 189 g/mol. The fraction of sp³-hybridized carbons (Fsp3) is 0.333. The summed E-state index contributed by atoms with van der Waals surface area (Å²) in [6.07, 6.45) is 0.377. The Morgan fingerprint density at radius 1 is 1.42 bits per heavy atom. The highest BCUT2D eigenvalue weighted by Crippen LogP contribution is 2.25. The van der Waals surface area contributed by atoms with Crippen LogP contribution in [0.2, 0.25) is 0 Å². The van der Waals surface area contributed by atoms with Gasteiger partial charge < -0.3 is 5.11 Å². The molecular weight excluding hydrogens is 179 g/mol. The fourth-order valence-corrected chi connectivity index (χ4v) is 1.27. The summed E-state index contributed by atoms with van der Waals surface area (Å²) in [4.78, 5) is 0. The molecule has 0 saturated heterocycles. The third-order valence-corrected chi connectivity index (χ3v) is 2.08. The molecule has 1 aromatic carbocycles. The fourth-order valence-electron chi connectivity index (χ4n) is 0.998. The number of rotatable bonds is 3. The summed E-state index contributed by atoms with van der Waals surface area (Å²) >= 11 is 5.81. The monoisotopic (exact) mass is 188 g/mol. The summed E-state index contributed by atoms with van der Waals surface area (Å²) in [6, 6.07) is 6.33. The maximum atomic E-state index is 13.0. The van der Waals surface area contributed by atoms with Crippen molar-refractivity contribution in [2.75, 3.05) is 6.61 Å². The number of aliphatic hydroxyl groups is 1. The topological polar surface area (TPSA) is 20.2 Å². The number of hydrogen-bond donors (Lipinski definition) is 1. The van der Waals surface area contributed by atoms with Crippen molar-refractivity contribution in [3.63, 3.8) is 0 Å². The summed E-state index contributed by atoms with van der Waals surface area (Å²) in [5, 5.41) is 8.15. The molecule has 0 heterocycles. The van der Waals surface area contributed by atoms with Gasteiger partial charge in [-0.25, -0.2) is 4.39 Å². The number of alkyl halides is 1. The third-order valence-electron chi connectivity index (χ3n) is 1.63. The highest BCUT2D eigenvalue weighted by atomic mass is 35.5. The SMILES string of the molecule is OCCC(Cl)c1ccccc1F. The quantitative estimate of drug-likeness (QED) is 0.723. The van der Waals surface area contributed by atoms with Crippen molar-refractivity contribution in [2.24, 2.45) is 0 Å². The van der Waals surface area contributed by atoms with E-state index in [1.165, 1.54) is 6.07 Å². The molecule has 0 aromatic heterocycles. The molecule has 1 N–H and O–H groups in total. The molecule has 12 heavy (non-hydrogen) atoms. The van der Waals surface area contributed by atoms with Crippen molar-refractivity contribution in [2.45, 2.75) is 11.8 Å². The van der Waals surface area contributed by atoms with Gasteiger partial charge in [-0.1, -0.05) is 18.2 Å². The summed E-state index contributed by atoms with van der Waals surface area (Å²) in [5.41, 5.74) is 0.452. The molecule has 3 heteroatoms. The molecule has 0 spiro atoms. The largest absolute Gasteiger partial charge is 0.396 e. The van der Waals surface area contributed by atoms with Gasteiger partial charge in [0.15, 0.2) is 0 Å². The van der Waals surface area contributed by atoms with Crippen molar-refractivity contribution >= 4 is 11.6 Å². The zero-order valence-electron chi connectivity index (χ0n) is 6.50. The van der Waals surface area contributed by atoms with E-state index in [2.05, 4.69) is 0 Å². The molecular formula is C9H10ClFO. The Hall–Kier alpha value is -0.600. The molecule has 1 atom stereocenters. The summed E-state index contributed by atoms with van der Waals surface area (Å²) in [7, 11) is 0. The molecule has 0 radical (unpaired) electrons. The molecule has 66 valence electrons. The molecule has 0 aliphatic carbocycles. The molecule has 1 unspecified atom stereocenters. The first-order valence-corrected chi connectivity index (χ1v) is 4.18. The van der Waals surface area contributed by atoms with E-state index >= 15 is 0 Å². The first-order chi connectivity index (χ1) is 5.75. The van der Waals surface area contributed by atoms with Gasteiger partial charge in [0.1, 0.15) is 5.82 Å². The van der Waals surface area contributed by atoms with Gasteiger partial charge in [0.2, 0.25) is 0 Å². The second-order valence-electron chi connectivity index (χ2n) is 2.50. The van der Waals surface area contributed by atoms with E-state index in [4.69, 9.17) is 16.7 Å². The van der Waals surface area contributed by atoms with Gasteiger partial charge in [-0.05, 0) is 12.5 Å². The molecule has 0 saturated carbocycles. The van der Waals surface area contributed by atoms with Crippen molar-refractivity contribution in [3.05, 3.63) is 35.6 Å². The predicted octanol–water partition coefficient (Wildman–Crippen LogP) is 2.49. The van der Waals surface area contributed by atoms with Crippen LogP contribution in [0.4, 0.5) is 4.39 Å². The van der Waals surface area contributed by atoms with E-state index in [1.807, 2.05) is 0 Å².